The van der Waals surface area contributed by atoms with Gasteiger partial charge in [-0.05, 0) is 37.9 Å². The van der Waals surface area contributed by atoms with Crippen LogP contribution in [0.5, 0.6) is 0 Å². The Kier molecular flexibility index (Phi) is 5.38. The van der Waals surface area contributed by atoms with Gasteiger partial charge in [-0.1, -0.05) is 24.6 Å². The second-order valence-electron chi connectivity index (χ2n) is 5.11. The third kappa shape index (κ3) is 3.49. The van der Waals surface area contributed by atoms with Crippen molar-refractivity contribution in [2.75, 3.05) is 13.1 Å². The van der Waals surface area contributed by atoms with Crippen molar-refractivity contribution in [3.8, 4) is 0 Å². The predicted octanol–water partition coefficient (Wildman–Crippen LogP) is 2.97. The van der Waals surface area contributed by atoms with Crippen LogP contribution in [-0.4, -0.2) is 29.9 Å². The molecule has 1 unspecified atom stereocenters. The molecule has 110 valence electrons. The van der Waals surface area contributed by atoms with Crippen molar-refractivity contribution in [3.63, 3.8) is 0 Å². The number of hydrogen-bond donors (Lipinski definition) is 1. The number of rotatable bonds is 5. The van der Waals surface area contributed by atoms with Gasteiger partial charge >= 0.3 is 0 Å². The molecule has 0 spiro atoms. The Bertz CT molecular complexity index is 455. The van der Waals surface area contributed by atoms with Crippen LogP contribution in [0.3, 0.4) is 0 Å². The summed E-state index contributed by atoms with van der Waals surface area (Å²) in [5.74, 6) is -0.311. The minimum Gasteiger partial charge on any atom is -0.337 e. The summed E-state index contributed by atoms with van der Waals surface area (Å²) in [6.07, 6.45) is 2.70. The van der Waals surface area contributed by atoms with E-state index in [0.717, 1.165) is 25.8 Å². The molecule has 1 saturated heterocycles. The molecule has 1 heterocycles. The number of hydrogen-bond acceptors (Lipinski definition) is 2. The number of amides is 1. The van der Waals surface area contributed by atoms with E-state index in [1.807, 2.05) is 6.92 Å². The number of carbonyl (C=O) groups excluding carboxylic acids is 1. The molecule has 1 aromatic carbocycles. The van der Waals surface area contributed by atoms with Crippen LogP contribution in [0.1, 0.15) is 31.7 Å². The van der Waals surface area contributed by atoms with Crippen LogP contribution < -0.4 is 5.32 Å². The highest BCUT2D eigenvalue weighted by molar-refractivity contribution is 6.31. The molecule has 5 heteroatoms. The first-order valence-corrected chi connectivity index (χ1v) is 7.46. The number of halogens is 2. The van der Waals surface area contributed by atoms with Crippen molar-refractivity contribution < 1.29 is 9.18 Å². The lowest BCUT2D eigenvalue weighted by Crippen LogP contribution is -2.43. The average Bonchev–Trinajstić information content (AvgIpc) is 2.95. The summed E-state index contributed by atoms with van der Waals surface area (Å²) >= 11 is 6.04. The Hall–Kier alpha value is -1.13. The van der Waals surface area contributed by atoms with E-state index >= 15 is 0 Å². The van der Waals surface area contributed by atoms with Crippen molar-refractivity contribution in [1.29, 1.82) is 0 Å². The number of benzene rings is 1. The van der Waals surface area contributed by atoms with Gasteiger partial charge in [-0.15, -0.1) is 0 Å². The maximum Gasteiger partial charge on any atom is 0.240 e. The number of nitrogens with one attached hydrogen (secondary N) is 1. The molecule has 2 rings (SSSR count). The van der Waals surface area contributed by atoms with Gasteiger partial charge in [0.15, 0.2) is 0 Å². The largest absolute Gasteiger partial charge is 0.337 e. The molecular weight excluding hydrogens is 279 g/mol. The molecule has 1 aromatic rings. The quantitative estimate of drug-likeness (QED) is 0.906. The molecule has 0 bridgehead atoms. The summed E-state index contributed by atoms with van der Waals surface area (Å²) in [5.41, 5.74) is 0.397. The molecule has 3 nitrogen and oxygen atoms in total. The minimum atomic E-state index is -0.356. The molecule has 0 saturated carbocycles. The highest BCUT2D eigenvalue weighted by Crippen LogP contribution is 2.22. The first-order valence-electron chi connectivity index (χ1n) is 7.08. The molecular formula is C15H20ClFN2O. The van der Waals surface area contributed by atoms with Gasteiger partial charge in [-0.25, -0.2) is 4.39 Å². The van der Waals surface area contributed by atoms with E-state index in [4.69, 9.17) is 11.6 Å². The molecule has 0 radical (unpaired) electrons. The van der Waals surface area contributed by atoms with Crippen LogP contribution in [-0.2, 0) is 11.3 Å². The summed E-state index contributed by atoms with van der Waals surface area (Å²) in [6, 6.07) is 4.48. The second-order valence-corrected chi connectivity index (χ2v) is 5.52. The van der Waals surface area contributed by atoms with E-state index in [-0.39, 0.29) is 24.3 Å². The predicted molar refractivity (Wildman–Crippen MR) is 78.1 cm³/mol. The maximum atomic E-state index is 13.9. The monoisotopic (exact) mass is 298 g/mol. The molecule has 1 atom stereocenters. The Balaban J connectivity index is 2.14. The van der Waals surface area contributed by atoms with E-state index in [1.165, 1.54) is 6.07 Å². The van der Waals surface area contributed by atoms with Gasteiger partial charge in [0.2, 0.25) is 5.91 Å². The second kappa shape index (κ2) is 7.04. The SMILES string of the molecule is CCCN(Cc1c(F)cccc1Cl)C(=O)C1CCCN1. The zero-order chi connectivity index (χ0) is 14.5. The fourth-order valence-corrected chi connectivity index (χ4v) is 2.75. The molecule has 1 aliphatic heterocycles. The van der Waals surface area contributed by atoms with Gasteiger partial charge in [0, 0.05) is 17.1 Å². The summed E-state index contributed by atoms with van der Waals surface area (Å²) in [4.78, 5) is 14.2. The molecule has 0 aliphatic carbocycles. The van der Waals surface area contributed by atoms with Crippen LogP contribution >= 0.6 is 11.6 Å². The summed E-state index contributed by atoms with van der Waals surface area (Å²) in [7, 11) is 0. The lowest BCUT2D eigenvalue weighted by atomic mass is 10.1. The molecule has 0 aromatic heterocycles. The van der Waals surface area contributed by atoms with Crippen LogP contribution in [0, 0.1) is 5.82 Å². The Labute approximate surface area is 124 Å². The van der Waals surface area contributed by atoms with Crippen molar-refractivity contribution in [3.05, 3.63) is 34.6 Å². The van der Waals surface area contributed by atoms with Crippen molar-refractivity contribution in [1.82, 2.24) is 10.2 Å². The van der Waals surface area contributed by atoms with E-state index in [2.05, 4.69) is 5.32 Å². The maximum absolute atomic E-state index is 13.9. The van der Waals surface area contributed by atoms with E-state index < -0.39 is 0 Å². The molecule has 1 fully saturated rings. The molecule has 1 amide bonds. The molecule has 20 heavy (non-hydrogen) atoms. The normalized spacial score (nSPS) is 18.2. The van der Waals surface area contributed by atoms with Gasteiger partial charge < -0.3 is 10.2 Å². The summed E-state index contributed by atoms with van der Waals surface area (Å²) < 4.78 is 13.9. The Morgan fingerprint density at radius 2 is 2.35 bits per heavy atom. The van der Waals surface area contributed by atoms with Crippen molar-refractivity contribution >= 4 is 17.5 Å². The lowest BCUT2D eigenvalue weighted by molar-refractivity contribution is -0.133. The van der Waals surface area contributed by atoms with Gasteiger partial charge in [0.05, 0.1) is 12.6 Å². The lowest BCUT2D eigenvalue weighted by Gasteiger charge is -2.26. The van der Waals surface area contributed by atoms with Gasteiger partial charge in [0.1, 0.15) is 5.82 Å². The van der Waals surface area contributed by atoms with E-state index in [0.29, 0.717) is 17.1 Å². The number of nitrogens with zero attached hydrogens (tertiary/aromatic N) is 1. The Morgan fingerprint density at radius 3 is 2.95 bits per heavy atom. The van der Waals surface area contributed by atoms with Crippen LogP contribution in [0.15, 0.2) is 18.2 Å². The van der Waals surface area contributed by atoms with Gasteiger partial charge in [0.25, 0.3) is 0 Å². The molecule has 1 N–H and O–H groups in total. The summed E-state index contributed by atoms with van der Waals surface area (Å²) in [5, 5.41) is 3.57. The highest BCUT2D eigenvalue weighted by atomic mass is 35.5. The zero-order valence-electron chi connectivity index (χ0n) is 11.7. The first kappa shape index (κ1) is 15.3. The van der Waals surface area contributed by atoms with E-state index in [1.54, 1.807) is 17.0 Å². The van der Waals surface area contributed by atoms with E-state index in [9.17, 15) is 9.18 Å². The third-order valence-corrected chi connectivity index (χ3v) is 3.93. The van der Waals surface area contributed by atoms with Crippen LogP contribution in [0.4, 0.5) is 4.39 Å². The standard InChI is InChI=1S/C15H20ClFN2O/c1-2-9-19(15(20)14-7-4-8-18-14)10-11-12(16)5-3-6-13(11)17/h3,5-6,14,18H,2,4,7-10H2,1H3. The first-order chi connectivity index (χ1) is 9.63. The zero-order valence-corrected chi connectivity index (χ0v) is 12.4. The fraction of sp³-hybridized carbons (Fsp3) is 0.533. The topological polar surface area (TPSA) is 32.3 Å². The highest BCUT2D eigenvalue weighted by Gasteiger charge is 2.27. The molecule has 1 aliphatic rings. The van der Waals surface area contributed by atoms with Gasteiger partial charge in [-0.2, -0.15) is 0 Å². The van der Waals surface area contributed by atoms with Crippen LogP contribution in [0.2, 0.25) is 5.02 Å². The minimum absolute atomic E-state index is 0.0451. The fourth-order valence-electron chi connectivity index (χ4n) is 2.53. The van der Waals surface area contributed by atoms with Crippen molar-refractivity contribution in [2.45, 2.75) is 38.8 Å². The Morgan fingerprint density at radius 1 is 1.55 bits per heavy atom. The van der Waals surface area contributed by atoms with Gasteiger partial charge in [-0.3, -0.25) is 4.79 Å². The number of carbonyl (C=O) groups is 1. The smallest absolute Gasteiger partial charge is 0.240 e. The average molecular weight is 299 g/mol. The van der Waals surface area contributed by atoms with Crippen LogP contribution in [0.25, 0.3) is 0 Å². The third-order valence-electron chi connectivity index (χ3n) is 3.57. The summed E-state index contributed by atoms with van der Waals surface area (Å²) in [6.45, 7) is 3.72. The van der Waals surface area contributed by atoms with Crippen molar-refractivity contribution in [2.24, 2.45) is 0 Å².